The molecule has 1 atom stereocenters. The van der Waals surface area contributed by atoms with Crippen LogP contribution in [0.2, 0.25) is 0 Å². The summed E-state index contributed by atoms with van der Waals surface area (Å²) in [5, 5.41) is 12.8. The number of carbonyl (C=O) groups excluding carboxylic acids is 1. The van der Waals surface area contributed by atoms with E-state index in [9.17, 15) is 9.90 Å². The number of hydrogen-bond donors (Lipinski definition) is 2. The van der Waals surface area contributed by atoms with E-state index in [2.05, 4.69) is 10.1 Å². The highest BCUT2D eigenvalue weighted by molar-refractivity contribution is 5.69. The zero-order chi connectivity index (χ0) is 13.4. The Bertz CT molecular complexity index is 381. The summed E-state index contributed by atoms with van der Waals surface area (Å²) < 4.78 is 9.68. The van der Waals surface area contributed by atoms with Crippen molar-refractivity contribution < 1.29 is 19.4 Å². The number of anilines is 1. The minimum atomic E-state index is -0.603. The molecule has 0 aliphatic heterocycles. The topological polar surface area (TPSA) is 67.8 Å². The van der Waals surface area contributed by atoms with Gasteiger partial charge < -0.3 is 19.9 Å². The van der Waals surface area contributed by atoms with Gasteiger partial charge in [-0.3, -0.25) is 4.79 Å². The predicted octanol–water partition coefficient (Wildman–Crippen LogP) is 1.42. The van der Waals surface area contributed by atoms with Crippen LogP contribution in [0.25, 0.3) is 0 Å². The molecule has 0 aliphatic rings. The van der Waals surface area contributed by atoms with Crippen molar-refractivity contribution in [2.24, 2.45) is 0 Å². The van der Waals surface area contributed by atoms with Crippen molar-refractivity contribution >= 4 is 11.7 Å². The number of aliphatic hydroxyl groups is 1. The van der Waals surface area contributed by atoms with E-state index in [0.717, 1.165) is 11.4 Å². The van der Waals surface area contributed by atoms with Gasteiger partial charge in [0.05, 0.1) is 26.0 Å². The molecule has 1 rings (SSSR count). The third kappa shape index (κ3) is 4.63. The van der Waals surface area contributed by atoms with E-state index in [1.54, 1.807) is 7.11 Å². The second-order valence-electron chi connectivity index (χ2n) is 3.85. The van der Waals surface area contributed by atoms with Crippen LogP contribution in [-0.2, 0) is 9.53 Å². The van der Waals surface area contributed by atoms with Gasteiger partial charge in [0.1, 0.15) is 5.75 Å². The molecule has 1 unspecified atom stereocenters. The van der Waals surface area contributed by atoms with Crippen molar-refractivity contribution in [3.63, 3.8) is 0 Å². The molecule has 0 fully saturated rings. The maximum absolute atomic E-state index is 10.9. The van der Waals surface area contributed by atoms with Gasteiger partial charge in [-0.25, -0.2) is 0 Å². The molecule has 0 spiro atoms. The summed E-state index contributed by atoms with van der Waals surface area (Å²) in [4.78, 5) is 10.9. The summed E-state index contributed by atoms with van der Waals surface area (Å²) in [6, 6.07) is 7.46. The Morgan fingerprint density at radius 2 is 2.11 bits per heavy atom. The number of rotatable bonds is 7. The average Bonchev–Trinajstić information content (AvgIpc) is 2.42. The molecule has 0 radical (unpaired) electrons. The lowest BCUT2D eigenvalue weighted by atomic mass is 10.2. The summed E-state index contributed by atoms with van der Waals surface area (Å²) in [5.41, 5.74) is 0.817. The molecule has 2 N–H and O–H groups in total. The molecule has 1 aromatic rings. The van der Waals surface area contributed by atoms with Gasteiger partial charge in [-0.2, -0.15) is 0 Å². The van der Waals surface area contributed by atoms with E-state index in [0.29, 0.717) is 13.0 Å². The van der Waals surface area contributed by atoms with Crippen LogP contribution in [0.5, 0.6) is 5.75 Å². The normalized spacial score (nSPS) is 11.7. The number of nitrogens with one attached hydrogen (secondary N) is 1. The number of para-hydroxylation sites is 2. The quantitative estimate of drug-likeness (QED) is 0.719. The number of ether oxygens (including phenoxy) is 2. The van der Waals surface area contributed by atoms with E-state index in [1.165, 1.54) is 7.11 Å². The Morgan fingerprint density at radius 3 is 2.78 bits per heavy atom. The zero-order valence-corrected chi connectivity index (χ0v) is 10.7. The molecule has 1 aromatic carbocycles. The van der Waals surface area contributed by atoms with Crippen molar-refractivity contribution in [2.45, 2.75) is 18.9 Å². The number of benzene rings is 1. The second-order valence-corrected chi connectivity index (χ2v) is 3.85. The summed E-state index contributed by atoms with van der Waals surface area (Å²) in [5.74, 6) is 0.406. The molecular formula is C13H19NO4. The lowest BCUT2D eigenvalue weighted by Gasteiger charge is -2.14. The van der Waals surface area contributed by atoms with Crippen LogP contribution >= 0.6 is 0 Å². The van der Waals surface area contributed by atoms with E-state index < -0.39 is 6.10 Å². The van der Waals surface area contributed by atoms with E-state index in [1.807, 2.05) is 24.3 Å². The minimum absolute atomic E-state index is 0.214. The SMILES string of the molecule is COC(=O)CCC(O)CNc1ccccc1OC. The van der Waals surface area contributed by atoms with Crippen LogP contribution in [0.4, 0.5) is 5.69 Å². The Hall–Kier alpha value is -1.75. The first-order valence-electron chi connectivity index (χ1n) is 5.79. The number of esters is 1. The molecule has 5 nitrogen and oxygen atoms in total. The maximum Gasteiger partial charge on any atom is 0.305 e. The maximum atomic E-state index is 10.9. The van der Waals surface area contributed by atoms with Gasteiger partial charge in [0.2, 0.25) is 0 Å². The van der Waals surface area contributed by atoms with Gasteiger partial charge in [-0.15, -0.1) is 0 Å². The Kier molecular flexibility index (Phi) is 6.00. The molecule has 0 saturated carbocycles. The lowest BCUT2D eigenvalue weighted by Crippen LogP contribution is -2.21. The standard InChI is InChI=1S/C13H19NO4/c1-17-12-6-4-3-5-11(12)14-9-10(15)7-8-13(16)18-2/h3-6,10,14-15H,7-9H2,1-2H3. The summed E-state index contributed by atoms with van der Waals surface area (Å²) >= 11 is 0. The van der Waals surface area contributed by atoms with Crippen molar-refractivity contribution in [3.05, 3.63) is 24.3 Å². The Balaban J connectivity index is 2.37. The van der Waals surface area contributed by atoms with Gasteiger partial charge in [-0.1, -0.05) is 12.1 Å². The van der Waals surface area contributed by atoms with E-state index >= 15 is 0 Å². The molecule has 18 heavy (non-hydrogen) atoms. The predicted molar refractivity (Wildman–Crippen MR) is 68.7 cm³/mol. The molecule has 0 bridgehead atoms. The molecule has 0 amide bonds. The molecule has 5 heteroatoms. The van der Waals surface area contributed by atoms with Gasteiger partial charge in [0, 0.05) is 13.0 Å². The third-order valence-electron chi connectivity index (χ3n) is 2.54. The number of hydrogen-bond acceptors (Lipinski definition) is 5. The molecular weight excluding hydrogens is 234 g/mol. The minimum Gasteiger partial charge on any atom is -0.495 e. The van der Waals surface area contributed by atoms with Crippen molar-refractivity contribution in [2.75, 3.05) is 26.1 Å². The largest absolute Gasteiger partial charge is 0.495 e. The zero-order valence-electron chi connectivity index (χ0n) is 10.7. The van der Waals surface area contributed by atoms with Crippen molar-refractivity contribution in [1.29, 1.82) is 0 Å². The number of methoxy groups -OCH3 is 2. The fourth-order valence-electron chi connectivity index (χ4n) is 1.51. The van der Waals surface area contributed by atoms with Crippen molar-refractivity contribution in [3.8, 4) is 5.75 Å². The number of aliphatic hydroxyl groups excluding tert-OH is 1. The third-order valence-corrected chi connectivity index (χ3v) is 2.54. The molecule has 100 valence electrons. The summed E-state index contributed by atoms with van der Waals surface area (Å²) in [6.07, 6.45) is -0.0193. The smallest absolute Gasteiger partial charge is 0.305 e. The first-order valence-corrected chi connectivity index (χ1v) is 5.79. The first-order chi connectivity index (χ1) is 8.67. The molecule has 0 aromatic heterocycles. The highest BCUT2D eigenvalue weighted by Gasteiger charge is 2.09. The van der Waals surface area contributed by atoms with E-state index in [-0.39, 0.29) is 12.4 Å². The van der Waals surface area contributed by atoms with Crippen molar-refractivity contribution in [1.82, 2.24) is 0 Å². The van der Waals surface area contributed by atoms with Gasteiger partial charge in [0.25, 0.3) is 0 Å². The van der Waals surface area contributed by atoms with Gasteiger partial charge in [-0.05, 0) is 18.6 Å². The monoisotopic (exact) mass is 253 g/mol. The Labute approximate surface area is 107 Å². The van der Waals surface area contributed by atoms with E-state index in [4.69, 9.17) is 4.74 Å². The van der Waals surface area contributed by atoms with Gasteiger partial charge in [0.15, 0.2) is 0 Å². The second kappa shape index (κ2) is 7.55. The fraction of sp³-hybridized carbons (Fsp3) is 0.462. The van der Waals surface area contributed by atoms with Crippen LogP contribution in [-0.4, -0.2) is 37.9 Å². The molecule has 0 saturated heterocycles. The van der Waals surface area contributed by atoms with Crippen LogP contribution in [0, 0.1) is 0 Å². The Morgan fingerprint density at radius 1 is 1.39 bits per heavy atom. The number of carbonyl (C=O) groups is 1. The fourth-order valence-corrected chi connectivity index (χ4v) is 1.51. The average molecular weight is 253 g/mol. The van der Waals surface area contributed by atoms with Crippen LogP contribution in [0.15, 0.2) is 24.3 Å². The lowest BCUT2D eigenvalue weighted by molar-refractivity contribution is -0.141. The summed E-state index contributed by atoms with van der Waals surface area (Å²) in [6.45, 7) is 0.358. The molecule has 0 aliphatic carbocycles. The van der Waals surface area contributed by atoms with Crippen LogP contribution < -0.4 is 10.1 Å². The first kappa shape index (κ1) is 14.3. The van der Waals surface area contributed by atoms with Crippen LogP contribution in [0.1, 0.15) is 12.8 Å². The molecule has 0 heterocycles. The highest BCUT2D eigenvalue weighted by atomic mass is 16.5. The highest BCUT2D eigenvalue weighted by Crippen LogP contribution is 2.22. The van der Waals surface area contributed by atoms with Crippen LogP contribution in [0.3, 0.4) is 0 Å². The summed E-state index contributed by atoms with van der Waals surface area (Å²) in [7, 11) is 2.93. The van der Waals surface area contributed by atoms with Gasteiger partial charge >= 0.3 is 5.97 Å².